The van der Waals surface area contributed by atoms with Crippen LogP contribution >= 0.6 is 15.9 Å². The molecule has 1 aliphatic rings. The van der Waals surface area contributed by atoms with Gasteiger partial charge in [0.1, 0.15) is 0 Å². The molecule has 2 atom stereocenters. The Morgan fingerprint density at radius 3 is 2.95 bits per heavy atom. The van der Waals surface area contributed by atoms with Crippen molar-refractivity contribution >= 4 is 15.9 Å². The van der Waals surface area contributed by atoms with Crippen molar-refractivity contribution in [2.75, 3.05) is 26.2 Å². The zero-order valence-corrected chi connectivity index (χ0v) is 14.6. The molecule has 0 aromatic carbocycles. The SMILES string of the molecule is CCCN1CCOC(C(NN)c2c(Br)cnn2C(C)C)C1. The first-order chi connectivity index (χ1) is 10.1. The maximum Gasteiger partial charge on any atom is 0.0925 e. The number of nitrogens with two attached hydrogens (primary N) is 1. The van der Waals surface area contributed by atoms with Gasteiger partial charge in [-0.15, -0.1) is 0 Å². The summed E-state index contributed by atoms with van der Waals surface area (Å²) in [6, 6.07) is 0.196. The summed E-state index contributed by atoms with van der Waals surface area (Å²) < 4.78 is 8.94. The molecule has 7 heteroatoms. The van der Waals surface area contributed by atoms with E-state index in [1.54, 1.807) is 0 Å². The topological polar surface area (TPSA) is 68.3 Å². The Balaban J connectivity index is 2.21. The molecule has 0 aliphatic carbocycles. The highest BCUT2D eigenvalue weighted by Crippen LogP contribution is 2.30. The fraction of sp³-hybridized carbons (Fsp3) is 0.786. The van der Waals surface area contributed by atoms with Crippen molar-refractivity contribution in [3.05, 3.63) is 16.4 Å². The second-order valence-corrected chi connectivity index (χ2v) is 6.62. The minimum Gasteiger partial charge on any atom is -0.373 e. The van der Waals surface area contributed by atoms with Gasteiger partial charge in [0.25, 0.3) is 0 Å². The van der Waals surface area contributed by atoms with Gasteiger partial charge in [-0.05, 0) is 42.7 Å². The fourth-order valence-corrected chi connectivity index (χ4v) is 3.39. The highest BCUT2D eigenvalue weighted by atomic mass is 79.9. The van der Waals surface area contributed by atoms with Crippen molar-refractivity contribution in [3.63, 3.8) is 0 Å². The molecule has 0 amide bonds. The standard InChI is InChI=1S/C14H26BrN5O/c1-4-5-19-6-7-21-12(9-19)13(18-16)14-11(15)8-17-20(14)10(2)3/h8,10,12-13,18H,4-7,9,16H2,1-3H3. The third-order valence-electron chi connectivity index (χ3n) is 3.84. The summed E-state index contributed by atoms with van der Waals surface area (Å²) in [6.07, 6.45) is 3.01. The molecular formula is C14H26BrN5O. The average molecular weight is 360 g/mol. The Hall–Kier alpha value is -0.470. The van der Waals surface area contributed by atoms with E-state index >= 15 is 0 Å². The van der Waals surface area contributed by atoms with Gasteiger partial charge in [0, 0.05) is 19.1 Å². The number of ether oxygens (including phenoxy) is 1. The molecule has 0 spiro atoms. The monoisotopic (exact) mass is 359 g/mol. The molecule has 1 aromatic rings. The third-order valence-corrected chi connectivity index (χ3v) is 4.45. The number of aromatic nitrogens is 2. The first kappa shape index (κ1) is 16.9. The number of hydrazine groups is 1. The second-order valence-electron chi connectivity index (χ2n) is 5.77. The van der Waals surface area contributed by atoms with Gasteiger partial charge in [0.2, 0.25) is 0 Å². The third kappa shape index (κ3) is 3.84. The number of rotatable bonds is 6. The lowest BCUT2D eigenvalue weighted by atomic mass is 10.1. The number of hydrogen-bond acceptors (Lipinski definition) is 5. The van der Waals surface area contributed by atoms with E-state index in [4.69, 9.17) is 10.6 Å². The highest BCUT2D eigenvalue weighted by Gasteiger charge is 2.32. The molecule has 0 bridgehead atoms. The number of halogens is 1. The van der Waals surface area contributed by atoms with Crippen LogP contribution in [0.3, 0.4) is 0 Å². The predicted octanol–water partition coefficient (Wildman–Crippen LogP) is 1.84. The van der Waals surface area contributed by atoms with Gasteiger partial charge in [0.15, 0.2) is 0 Å². The lowest BCUT2D eigenvalue weighted by Gasteiger charge is -2.37. The summed E-state index contributed by atoms with van der Waals surface area (Å²) >= 11 is 3.59. The van der Waals surface area contributed by atoms with Crippen LogP contribution in [0.2, 0.25) is 0 Å². The van der Waals surface area contributed by atoms with Crippen molar-refractivity contribution < 1.29 is 4.74 Å². The predicted molar refractivity (Wildman–Crippen MR) is 86.8 cm³/mol. The molecule has 1 aromatic heterocycles. The van der Waals surface area contributed by atoms with Crippen molar-refractivity contribution in [3.8, 4) is 0 Å². The second kappa shape index (κ2) is 7.69. The summed E-state index contributed by atoms with van der Waals surface area (Å²) in [4.78, 5) is 2.43. The number of nitrogens with one attached hydrogen (secondary N) is 1. The number of morpholine rings is 1. The molecule has 0 radical (unpaired) electrons. The molecule has 1 aliphatic heterocycles. The van der Waals surface area contributed by atoms with Gasteiger partial charge >= 0.3 is 0 Å². The van der Waals surface area contributed by atoms with Gasteiger partial charge < -0.3 is 4.74 Å². The molecule has 2 rings (SSSR count). The minimum atomic E-state index is -0.0797. The van der Waals surface area contributed by atoms with Crippen LogP contribution < -0.4 is 11.3 Å². The van der Waals surface area contributed by atoms with Crippen LogP contribution in [0.5, 0.6) is 0 Å². The molecule has 2 unspecified atom stereocenters. The molecule has 3 N–H and O–H groups in total. The molecular weight excluding hydrogens is 334 g/mol. The van der Waals surface area contributed by atoms with E-state index in [0.717, 1.165) is 42.8 Å². The first-order valence-corrected chi connectivity index (χ1v) is 8.40. The van der Waals surface area contributed by atoms with E-state index in [9.17, 15) is 0 Å². The lowest BCUT2D eigenvalue weighted by molar-refractivity contribution is -0.0486. The molecule has 1 saturated heterocycles. The highest BCUT2D eigenvalue weighted by molar-refractivity contribution is 9.10. The lowest BCUT2D eigenvalue weighted by Crippen LogP contribution is -2.50. The molecule has 21 heavy (non-hydrogen) atoms. The number of nitrogens with zero attached hydrogens (tertiary/aromatic N) is 3. The fourth-order valence-electron chi connectivity index (χ4n) is 2.87. The van der Waals surface area contributed by atoms with Crippen LogP contribution in [0.1, 0.15) is 45.0 Å². The molecule has 6 nitrogen and oxygen atoms in total. The summed E-state index contributed by atoms with van der Waals surface area (Å²) in [7, 11) is 0. The van der Waals surface area contributed by atoms with Crippen molar-refractivity contribution in [1.82, 2.24) is 20.1 Å². The summed E-state index contributed by atoms with van der Waals surface area (Å²) in [6.45, 7) is 10.2. The van der Waals surface area contributed by atoms with E-state index in [2.05, 4.69) is 52.1 Å². The summed E-state index contributed by atoms with van der Waals surface area (Å²) in [5.41, 5.74) is 3.98. The average Bonchev–Trinajstić information content (AvgIpc) is 2.83. The van der Waals surface area contributed by atoms with E-state index in [0.29, 0.717) is 0 Å². The molecule has 0 saturated carbocycles. The van der Waals surface area contributed by atoms with Crippen LogP contribution in [0.15, 0.2) is 10.7 Å². The van der Waals surface area contributed by atoms with Gasteiger partial charge in [-0.25, -0.2) is 5.43 Å². The summed E-state index contributed by atoms with van der Waals surface area (Å²) in [5, 5.41) is 4.44. The largest absolute Gasteiger partial charge is 0.373 e. The summed E-state index contributed by atoms with van der Waals surface area (Å²) in [5.74, 6) is 5.84. The molecule has 2 heterocycles. The zero-order valence-electron chi connectivity index (χ0n) is 13.1. The van der Waals surface area contributed by atoms with Gasteiger partial charge in [-0.2, -0.15) is 5.10 Å². The molecule has 120 valence electrons. The van der Waals surface area contributed by atoms with E-state index in [1.165, 1.54) is 0 Å². The quantitative estimate of drug-likeness (QED) is 0.599. The Morgan fingerprint density at radius 1 is 1.57 bits per heavy atom. The van der Waals surface area contributed by atoms with Gasteiger partial charge in [0.05, 0.1) is 35.1 Å². The van der Waals surface area contributed by atoms with Crippen LogP contribution in [0.25, 0.3) is 0 Å². The van der Waals surface area contributed by atoms with Crippen molar-refractivity contribution in [2.45, 2.75) is 45.4 Å². The Labute approximate surface area is 135 Å². The molecule has 1 fully saturated rings. The van der Waals surface area contributed by atoms with Crippen molar-refractivity contribution in [2.24, 2.45) is 5.84 Å². The van der Waals surface area contributed by atoms with Gasteiger partial charge in [-0.3, -0.25) is 15.4 Å². The normalized spacial score (nSPS) is 21.9. The minimum absolute atomic E-state index is 0.0285. The smallest absolute Gasteiger partial charge is 0.0925 e. The Kier molecular flexibility index (Phi) is 6.19. The van der Waals surface area contributed by atoms with Crippen molar-refractivity contribution in [1.29, 1.82) is 0 Å². The maximum atomic E-state index is 5.97. The zero-order chi connectivity index (χ0) is 15.4. The van der Waals surface area contributed by atoms with Crippen LogP contribution in [0, 0.1) is 0 Å². The van der Waals surface area contributed by atoms with E-state index in [-0.39, 0.29) is 18.2 Å². The van der Waals surface area contributed by atoms with E-state index in [1.807, 2.05) is 10.9 Å². The Morgan fingerprint density at radius 2 is 2.33 bits per heavy atom. The Bertz CT molecular complexity index is 449. The van der Waals surface area contributed by atoms with E-state index < -0.39 is 0 Å². The van der Waals surface area contributed by atoms with Crippen LogP contribution in [-0.4, -0.2) is 47.0 Å². The number of hydrogen-bond donors (Lipinski definition) is 2. The van der Waals surface area contributed by atoms with Crippen LogP contribution in [-0.2, 0) is 4.74 Å². The van der Waals surface area contributed by atoms with Gasteiger partial charge in [-0.1, -0.05) is 6.92 Å². The maximum absolute atomic E-state index is 5.97. The van der Waals surface area contributed by atoms with Crippen LogP contribution in [0.4, 0.5) is 0 Å². The first-order valence-electron chi connectivity index (χ1n) is 7.61.